The molecule has 0 aliphatic rings. The summed E-state index contributed by atoms with van der Waals surface area (Å²) in [7, 11) is -2.54. The summed E-state index contributed by atoms with van der Waals surface area (Å²) in [5.74, 6) is 0. The second-order valence-electron chi connectivity index (χ2n) is 9.84. The Bertz CT molecular complexity index is 306. The van der Waals surface area contributed by atoms with Gasteiger partial charge >= 0.3 is 0 Å². The van der Waals surface area contributed by atoms with E-state index in [0.717, 1.165) is 0 Å². The Morgan fingerprint density at radius 2 is 0.655 bits per heavy atom. The molecule has 0 bridgehead atoms. The Hall–Kier alpha value is 0.394. The molecule has 29 heavy (non-hydrogen) atoms. The highest BCUT2D eigenvalue weighted by atomic mass is 28.4. The molecular weight excluding hydrogens is 382 g/mol. The first kappa shape index (κ1) is 29.4. The third-order valence-corrected chi connectivity index (χ3v) is 20.0. The van der Waals surface area contributed by atoms with Crippen molar-refractivity contribution in [3.8, 4) is 0 Å². The summed E-state index contributed by atoms with van der Waals surface area (Å²) in [6, 6.07) is 8.88. The van der Waals surface area contributed by atoms with E-state index in [1.165, 1.54) is 114 Å². The topological polar surface area (TPSA) is 12.0 Å². The highest BCUT2D eigenvalue weighted by Gasteiger charge is 2.38. The van der Waals surface area contributed by atoms with Crippen LogP contribution in [0.1, 0.15) is 131 Å². The Morgan fingerprint density at radius 1 is 0.379 bits per heavy atom. The van der Waals surface area contributed by atoms with E-state index in [0.29, 0.717) is 0 Å². The molecule has 0 fully saturated rings. The highest BCUT2D eigenvalue weighted by Crippen LogP contribution is 2.29. The molecule has 0 spiro atoms. The summed E-state index contributed by atoms with van der Waals surface area (Å²) in [6.07, 6.45) is 20.3. The van der Waals surface area contributed by atoms with E-state index < -0.39 is 16.5 Å². The minimum Gasteiger partial charge on any atom is -0.359 e. The lowest BCUT2D eigenvalue weighted by atomic mass is 10.1. The number of hydrogen-bond donors (Lipinski definition) is 1. The van der Waals surface area contributed by atoms with Gasteiger partial charge in [-0.1, -0.05) is 131 Å². The van der Waals surface area contributed by atoms with Gasteiger partial charge in [0.2, 0.25) is 0 Å². The van der Waals surface area contributed by atoms with Gasteiger partial charge in [0.1, 0.15) is 16.5 Å². The van der Waals surface area contributed by atoms with E-state index in [1.807, 2.05) is 0 Å². The van der Waals surface area contributed by atoms with E-state index in [1.54, 1.807) is 12.1 Å². The molecule has 0 amide bonds. The van der Waals surface area contributed by atoms with Gasteiger partial charge in [-0.15, -0.1) is 0 Å². The average molecular weight is 442 g/mol. The van der Waals surface area contributed by atoms with Gasteiger partial charge in [-0.2, -0.15) is 0 Å². The van der Waals surface area contributed by atoms with Crippen LogP contribution in [0.5, 0.6) is 0 Å². The van der Waals surface area contributed by atoms with Crippen LogP contribution in [0.15, 0.2) is 0 Å². The zero-order chi connectivity index (χ0) is 21.8. The molecule has 3 heteroatoms. The average Bonchev–Trinajstić information content (AvgIpc) is 2.76. The Morgan fingerprint density at radius 3 is 0.931 bits per heavy atom. The Balaban J connectivity index is 4.51. The third kappa shape index (κ3) is 13.4. The van der Waals surface area contributed by atoms with Crippen molar-refractivity contribution in [3.05, 3.63) is 0 Å². The van der Waals surface area contributed by atoms with Crippen molar-refractivity contribution < 1.29 is 0 Å². The molecule has 1 N–H and O–H groups in total. The molecule has 0 aliphatic carbocycles. The maximum atomic E-state index is 4.58. The molecule has 0 rings (SSSR count). The van der Waals surface area contributed by atoms with E-state index in [4.69, 9.17) is 0 Å². The quantitative estimate of drug-likeness (QED) is 0.130. The molecule has 0 heterocycles. The van der Waals surface area contributed by atoms with Crippen molar-refractivity contribution in [1.82, 2.24) is 4.65 Å². The van der Waals surface area contributed by atoms with E-state index >= 15 is 0 Å². The molecular formula is C26H59NSi2. The standard InChI is InChI=1S/C26H59NSi2/c1-7-13-15-17-19-21-23-25-28(9-3,10-4)27-29(11-5,12-6)26-24-22-20-18-16-14-8-2/h27H,7-26H2,1-6H3. The normalized spacial score (nSPS) is 12.6. The van der Waals surface area contributed by atoms with Crippen molar-refractivity contribution in [1.29, 1.82) is 0 Å². The lowest BCUT2D eigenvalue weighted by Crippen LogP contribution is -2.63. The van der Waals surface area contributed by atoms with Gasteiger partial charge < -0.3 is 4.65 Å². The summed E-state index contributed by atoms with van der Waals surface area (Å²) in [5, 5.41) is 0. The number of rotatable bonds is 22. The van der Waals surface area contributed by atoms with Crippen LogP contribution in [-0.2, 0) is 0 Å². The van der Waals surface area contributed by atoms with E-state index in [2.05, 4.69) is 46.2 Å². The van der Waals surface area contributed by atoms with Gasteiger partial charge in [0.05, 0.1) is 0 Å². The second kappa shape index (κ2) is 19.1. The van der Waals surface area contributed by atoms with Gasteiger partial charge in [0, 0.05) is 0 Å². The molecule has 0 aromatic carbocycles. The molecule has 0 unspecified atom stereocenters. The van der Waals surface area contributed by atoms with Crippen LogP contribution in [0.2, 0.25) is 36.3 Å². The summed E-state index contributed by atoms with van der Waals surface area (Å²) in [4.78, 5) is 0. The number of hydrogen-bond acceptors (Lipinski definition) is 1. The van der Waals surface area contributed by atoms with Crippen LogP contribution in [-0.4, -0.2) is 16.5 Å². The second-order valence-corrected chi connectivity index (χ2v) is 19.8. The molecule has 1 nitrogen and oxygen atoms in total. The predicted octanol–water partition coefficient (Wildman–Crippen LogP) is 10.0. The molecule has 0 saturated carbocycles. The minimum absolute atomic E-state index is 1.27. The lowest BCUT2D eigenvalue weighted by molar-refractivity contribution is 0.597. The van der Waals surface area contributed by atoms with E-state index in [-0.39, 0.29) is 0 Å². The van der Waals surface area contributed by atoms with Crippen LogP contribution >= 0.6 is 0 Å². The maximum Gasteiger partial charge on any atom is 0.118 e. The monoisotopic (exact) mass is 441 g/mol. The molecule has 176 valence electrons. The molecule has 0 aromatic rings. The van der Waals surface area contributed by atoms with Crippen LogP contribution < -0.4 is 4.65 Å². The van der Waals surface area contributed by atoms with Gasteiger partial charge in [0.25, 0.3) is 0 Å². The van der Waals surface area contributed by atoms with Gasteiger partial charge in [0.15, 0.2) is 0 Å². The molecule has 0 aliphatic heterocycles. The largest absolute Gasteiger partial charge is 0.359 e. The third-order valence-electron chi connectivity index (χ3n) is 7.76. The smallest absolute Gasteiger partial charge is 0.118 e. The number of unbranched alkanes of at least 4 members (excludes halogenated alkanes) is 12. The van der Waals surface area contributed by atoms with E-state index in [9.17, 15) is 0 Å². The van der Waals surface area contributed by atoms with Crippen LogP contribution in [0.3, 0.4) is 0 Å². The van der Waals surface area contributed by atoms with Gasteiger partial charge in [-0.05, 0) is 36.3 Å². The molecule has 0 radical (unpaired) electrons. The predicted molar refractivity (Wildman–Crippen MR) is 142 cm³/mol. The van der Waals surface area contributed by atoms with Crippen molar-refractivity contribution in [3.63, 3.8) is 0 Å². The summed E-state index contributed by atoms with van der Waals surface area (Å²) in [5.41, 5.74) is 0. The molecule has 0 aromatic heterocycles. The summed E-state index contributed by atoms with van der Waals surface area (Å²) >= 11 is 0. The zero-order valence-corrected chi connectivity index (χ0v) is 23.6. The van der Waals surface area contributed by atoms with Gasteiger partial charge in [-0.25, -0.2) is 0 Å². The first-order valence-electron chi connectivity index (χ1n) is 13.9. The van der Waals surface area contributed by atoms with Crippen molar-refractivity contribution in [2.75, 3.05) is 0 Å². The SMILES string of the molecule is CCCCCCCCC[Si](CC)(CC)N[Si](CC)(CC)CCCCCCCCC. The highest BCUT2D eigenvalue weighted by molar-refractivity contribution is 6.93. The van der Waals surface area contributed by atoms with Crippen LogP contribution in [0, 0.1) is 0 Å². The number of nitrogens with one attached hydrogen (secondary N) is 1. The van der Waals surface area contributed by atoms with Crippen molar-refractivity contribution >= 4 is 16.5 Å². The fourth-order valence-electron chi connectivity index (χ4n) is 5.09. The first-order valence-corrected chi connectivity index (χ1v) is 19.1. The van der Waals surface area contributed by atoms with Crippen molar-refractivity contribution in [2.45, 2.75) is 168 Å². The van der Waals surface area contributed by atoms with Crippen LogP contribution in [0.4, 0.5) is 0 Å². The zero-order valence-electron chi connectivity index (χ0n) is 21.6. The minimum atomic E-state index is -1.27. The van der Waals surface area contributed by atoms with Crippen molar-refractivity contribution in [2.24, 2.45) is 0 Å². The van der Waals surface area contributed by atoms with Gasteiger partial charge in [-0.3, -0.25) is 0 Å². The maximum absolute atomic E-state index is 4.58. The fourth-order valence-corrected chi connectivity index (χ4v) is 17.7. The molecule has 0 atom stereocenters. The molecule has 0 saturated heterocycles. The van der Waals surface area contributed by atoms with Crippen LogP contribution in [0.25, 0.3) is 0 Å². The summed E-state index contributed by atoms with van der Waals surface area (Å²) in [6.45, 7) is 14.6. The first-order chi connectivity index (χ1) is 14.1. The summed E-state index contributed by atoms with van der Waals surface area (Å²) < 4.78 is 4.58. The lowest BCUT2D eigenvalue weighted by Gasteiger charge is -2.42. The Kier molecular flexibility index (Phi) is 19.4. The fraction of sp³-hybridized carbons (Fsp3) is 1.00. The Labute approximate surface area is 188 Å².